The third kappa shape index (κ3) is 5.30. The number of nitrogens with two attached hydrogens (primary N) is 1. The summed E-state index contributed by atoms with van der Waals surface area (Å²) in [6, 6.07) is 0. The fraction of sp³-hybridized carbons (Fsp3) is 0.833. The fourth-order valence-corrected chi connectivity index (χ4v) is 0.449. The van der Waals surface area contributed by atoms with Gasteiger partial charge in [-0.15, -0.1) is 0 Å². The van der Waals surface area contributed by atoms with Crippen LogP contribution in [0.15, 0.2) is 4.99 Å². The normalized spacial score (nSPS) is 12.0. The smallest absolute Gasteiger partial charge is 0.0960 e. The van der Waals surface area contributed by atoms with Crippen molar-refractivity contribution in [1.29, 1.82) is 0 Å². The Hall–Kier alpha value is -0.570. The number of rotatable bonds is 4. The lowest BCUT2D eigenvalue weighted by atomic mass is 10.4. The van der Waals surface area contributed by atoms with Gasteiger partial charge in [0.25, 0.3) is 0 Å². The zero-order chi connectivity index (χ0) is 7.11. The Balaban J connectivity index is 3.30. The number of aliphatic imine (C=N–C) groups is 1. The van der Waals surface area contributed by atoms with E-state index in [0.717, 1.165) is 13.0 Å². The number of hydrogen-bond donors (Lipinski definition) is 2. The molecule has 9 heavy (non-hydrogen) atoms. The minimum absolute atomic E-state index is 0.0963. The average molecular weight is 130 g/mol. The Bertz CT molecular complexity index is 91.1. The van der Waals surface area contributed by atoms with E-state index >= 15 is 0 Å². The van der Waals surface area contributed by atoms with Gasteiger partial charge in [-0.3, -0.25) is 4.99 Å². The van der Waals surface area contributed by atoms with Gasteiger partial charge in [0.2, 0.25) is 0 Å². The minimum Gasteiger partial charge on any atom is -0.396 e. The molecule has 0 aromatic heterocycles. The van der Waals surface area contributed by atoms with Crippen molar-refractivity contribution in [2.75, 3.05) is 13.2 Å². The third-order valence-electron chi connectivity index (χ3n) is 0.906. The zero-order valence-electron chi connectivity index (χ0n) is 5.80. The number of amidine groups is 1. The van der Waals surface area contributed by atoms with Crippen molar-refractivity contribution in [1.82, 2.24) is 0 Å². The van der Waals surface area contributed by atoms with Crippen LogP contribution in [-0.4, -0.2) is 24.1 Å². The van der Waals surface area contributed by atoms with Crippen molar-refractivity contribution in [2.24, 2.45) is 10.7 Å². The molecule has 0 aromatic rings. The molecule has 0 saturated heterocycles. The van der Waals surface area contributed by atoms with Crippen molar-refractivity contribution in [3.05, 3.63) is 0 Å². The quantitative estimate of drug-likeness (QED) is 0.420. The summed E-state index contributed by atoms with van der Waals surface area (Å²) in [5.41, 5.74) is 5.36. The second-order valence-electron chi connectivity index (χ2n) is 1.85. The maximum absolute atomic E-state index is 8.38. The van der Waals surface area contributed by atoms with Crippen molar-refractivity contribution in [3.63, 3.8) is 0 Å². The first kappa shape index (κ1) is 8.43. The molecule has 0 amide bonds. The molecule has 0 unspecified atom stereocenters. The van der Waals surface area contributed by atoms with Crippen molar-refractivity contribution in [3.8, 4) is 0 Å². The number of hydrogen-bond acceptors (Lipinski definition) is 2. The third-order valence-corrected chi connectivity index (χ3v) is 0.906. The Morgan fingerprint density at radius 1 is 1.67 bits per heavy atom. The number of nitrogens with zero attached hydrogens (tertiary/aromatic N) is 1. The summed E-state index contributed by atoms with van der Waals surface area (Å²) in [6.07, 6.45) is 1.51. The molecule has 0 rings (SSSR count). The van der Waals surface area contributed by atoms with E-state index in [-0.39, 0.29) is 6.61 Å². The second-order valence-corrected chi connectivity index (χ2v) is 1.85. The molecule has 54 valence electrons. The fourth-order valence-electron chi connectivity index (χ4n) is 0.449. The van der Waals surface area contributed by atoms with E-state index in [1.165, 1.54) is 0 Å². The monoisotopic (exact) mass is 130 g/mol. The summed E-state index contributed by atoms with van der Waals surface area (Å²) in [5.74, 6) is 0.555. The van der Waals surface area contributed by atoms with Gasteiger partial charge in [0, 0.05) is 13.0 Å². The SMILES string of the molecule is CCCN=C(N)CCO. The van der Waals surface area contributed by atoms with Gasteiger partial charge in [-0.05, 0) is 6.42 Å². The molecular weight excluding hydrogens is 116 g/mol. The Labute approximate surface area is 55.6 Å². The zero-order valence-corrected chi connectivity index (χ0v) is 5.80. The van der Waals surface area contributed by atoms with E-state index in [9.17, 15) is 0 Å². The maximum atomic E-state index is 8.38. The summed E-state index contributed by atoms with van der Waals surface area (Å²) < 4.78 is 0. The Kier molecular flexibility index (Phi) is 5.21. The molecule has 0 radical (unpaired) electrons. The Morgan fingerprint density at radius 3 is 2.78 bits per heavy atom. The minimum atomic E-state index is 0.0963. The van der Waals surface area contributed by atoms with E-state index in [0.29, 0.717) is 12.3 Å². The van der Waals surface area contributed by atoms with Gasteiger partial charge in [0.15, 0.2) is 0 Å². The van der Waals surface area contributed by atoms with Crippen LogP contribution in [0.25, 0.3) is 0 Å². The molecule has 0 heterocycles. The van der Waals surface area contributed by atoms with Crippen LogP contribution < -0.4 is 5.73 Å². The summed E-state index contributed by atoms with van der Waals surface area (Å²) in [4.78, 5) is 3.97. The molecular formula is C6H14N2O. The van der Waals surface area contributed by atoms with E-state index in [1.54, 1.807) is 0 Å². The van der Waals surface area contributed by atoms with Crippen molar-refractivity contribution < 1.29 is 5.11 Å². The second kappa shape index (κ2) is 5.56. The van der Waals surface area contributed by atoms with Crippen LogP contribution in [0.1, 0.15) is 19.8 Å². The van der Waals surface area contributed by atoms with Gasteiger partial charge in [-0.1, -0.05) is 6.92 Å². The van der Waals surface area contributed by atoms with Crippen LogP contribution in [0.5, 0.6) is 0 Å². The average Bonchev–Trinajstić information content (AvgIpc) is 1.85. The molecule has 0 spiro atoms. The van der Waals surface area contributed by atoms with E-state index in [2.05, 4.69) is 4.99 Å². The van der Waals surface area contributed by atoms with Gasteiger partial charge in [-0.2, -0.15) is 0 Å². The first-order chi connectivity index (χ1) is 4.31. The lowest BCUT2D eigenvalue weighted by Crippen LogP contribution is -2.13. The van der Waals surface area contributed by atoms with Crippen molar-refractivity contribution in [2.45, 2.75) is 19.8 Å². The summed E-state index contributed by atoms with van der Waals surface area (Å²) in [7, 11) is 0. The molecule has 0 fully saturated rings. The van der Waals surface area contributed by atoms with Crippen LogP contribution in [0.2, 0.25) is 0 Å². The molecule has 0 aliphatic rings. The molecule has 3 N–H and O–H groups in total. The highest BCUT2D eigenvalue weighted by Gasteiger charge is 1.86. The van der Waals surface area contributed by atoms with Crippen LogP contribution in [-0.2, 0) is 0 Å². The van der Waals surface area contributed by atoms with E-state index < -0.39 is 0 Å². The molecule has 0 saturated carbocycles. The molecule has 0 bridgehead atoms. The predicted molar refractivity (Wildman–Crippen MR) is 38.5 cm³/mol. The molecule has 0 aromatic carbocycles. The van der Waals surface area contributed by atoms with Gasteiger partial charge in [0.05, 0.1) is 12.4 Å². The summed E-state index contributed by atoms with van der Waals surface area (Å²) in [6.45, 7) is 2.90. The van der Waals surface area contributed by atoms with Crippen molar-refractivity contribution >= 4 is 5.84 Å². The Morgan fingerprint density at radius 2 is 2.33 bits per heavy atom. The van der Waals surface area contributed by atoms with E-state index in [4.69, 9.17) is 10.8 Å². The standard InChI is InChI=1S/C6H14N2O/c1-2-4-8-6(7)3-5-9/h9H,2-5H2,1H3,(H2,7,8). The first-order valence-electron chi connectivity index (χ1n) is 3.21. The van der Waals surface area contributed by atoms with Gasteiger partial charge in [0.1, 0.15) is 0 Å². The van der Waals surface area contributed by atoms with Gasteiger partial charge >= 0.3 is 0 Å². The lowest BCUT2D eigenvalue weighted by molar-refractivity contribution is 0.306. The highest BCUT2D eigenvalue weighted by Crippen LogP contribution is 1.81. The highest BCUT2D eigenvalue weighted by molar-refractivity contribution is 5.80. The molecule has 0 aliphatic carbocycles. The van der Waals surface area contributed by atoms with E-state index in [1.807, 2.05) is 6.92 Å². The lowest BCUT2D eigenvalue weighted by Gasteiger charge is -1.94. The highest BCUT2D eigenvalue weighted by atomic mass is 16.3. The number of aliphatic hydroxyl groups excluding tert-OH is 1. The molecule has 3 heteroatoms. The first-order valence-corrected chi connectivity index (χ1v) is 3.21. The summed E-state index contributed by atoms with van der Waals surface area (Å²) in [5, 5.41) is 8.38. The molecule has 0 atom stereocenters. The van der Waals surface area contributed by atoms with Gasteiger partial charge < -0.3 is 10.8 Å². The van der Waals surface area contributed by atoms with Gasteiger partial charge in [-0.25, -0.2) is 0 Å². The van der Waals surface area contributed by atoms with Crippen LogP contribution in [0.3, 0.4) is 0 Å². The summed E-state index contributed by atoms with van der Waals surface area (Å²) >= 11 is 0. The van der Waals surface area contributed by atoms with Crippen LogP contribution in [0, 0.1) is 0 Å². The number of aliphatic hydroxyl groups is 1. The largest absolute Gasteiger partial charge is 0.396 e. The topological polar surface area (TPSA) is 58.6 Å². The molecule has 3 nitrogen and oxygen atoms in total. The maximum Gasteiger partial charge on any atom is 0.0960 e. The van der Waals surface area contributed by atoms with Crippen LogP contribution in [0.4, 0.5) is 0 Å². The predicted octanol–water partition coefficient (Wildman–Crippen LogP) is 0.136. The van der Waals surface area contributed by atoms with Crippen LogP contribution >= 0.6 is 0 Å². The molecule has 0 aliphatic heterocycles.